The molecule has 7 nitrogen and oxygen atoms in total. The van der Waals surface area contributed by atoms with Gasteiger partial charge in [0.2, 0.25) is 11.8 Å². The van der Waals surface area contributed by atoms with E-state index in [1.165, 1.54) is 5.01 Å². The first-order valence-corrected chi connectivity index (χ1v) is 11.2. The Labute approximate surface area is 198 Å². The fourth-order valence-corrected chi connectivity index (χ4v) is 3.74. The van der Waals surface area contributed by atoms with E-state index in [1.807, 2.05) is 61.5 Å². The van der Waals surface area contributed by atoms with Gasteiger partial charge in [0.15, 0.2) is 0 Å². The number of hydrogen-bond acceptors (Lipinski definition) is 4. The zero-order valence-corrected chi connectivity index (χ0v) is 19.0. The van der Waals surface area contributed by atoms with Crippen LogP contribution in [0.5, 0.6) is 0 Å². The van der Waals surface area contributed by atoms with E-state index in [2.05, 4.69) is 15.7 Å². The van der Waals surface area contributed by atoms with Gasteiger partial charge in [-0.05, 0) is 42.3 Å². The number of para-hydroxylation sites is 1. The first-order valence-electron chi connectivity index (χ1n) is 11.2. The molecule has 0 spiro atoms. The van der Waals surface area contributed by atoms with Gasteiger partial charge in [-0.25, -0.2) is 5.01 Å². The Hall–Kier alpha value is -4.26. The Kier molecular flexibility index (Phi) is 7.13. The molecule has 0 saturated heterocycles. The van der Waals surface area contributed by atoms with Crippen molar-refractivity contribution in [2.75, 3.05) is 17.2 Å². The van der Waals surface area contributed by atoms with E-state index in [9.17, 15) is 14.4 Å². The standard InChI is InChI=1S/C27H26N4O3/c1-19-8-7-11-21(18-19)28-27(34)22-12-5-6-13-24(22)29-25(32)14-15-26(33)31-17-16-23(30-31)20-9-3-2-4-10-20/h2-13,18H,14-17H2,1H3,(H,28,34)(H,29,32). The second kappa shape index (κ2) is 10.6. The van der Waals surface area contributed by atoms with Crippen LogP contribution in [0.4, 0.5) is 11.4 Å². The molecule has 172 valence electrons. The number of aryl methyl sites for hydroxylation is 1. The highest BCUT2D eigenvalue weighted by Crippen LogP contribution is 2.19. The molecule has 3 aromatic rings. The van der Waals surface area contributed by atoms with Crippen LogP contribution in [0.2, 0.25) is 0 Å². The Morgan fingerprint density at radius 1 is 0.882 bits per heavy atom. The molecule has 4 rings (SSSR count). The molecule has 0 aromatic heterocycles. The number of carbonyl (C=O) groups is 3. The topological polar surface area (TPSA) is 90.9 Å². The minimum atomic E-state index is -0.337. The summed E-state index contributed by atoms with van der Waals surface area (Å²) in [7, 11) is 0. The predicted octanol–water partition coefficient (Wildman–Crippen LogP) is 4.60. The van der Waals surface area contributed by atoms with E-state index in [0.29, 0.717) is 29.9 Å². The zero-order chi connectivity index (χ0) is 23.9. The van der Waals surface area contributed by atoms with Crippen LogP contribution in [0.3, 0.4) is 0 Å². The number of benzene rings is 3. The van der Waals surface area contributed by atoms with Crippen molar-refractivity contribution in [1.29, 1.82) is 0 Å². The normalized spacial score (nSPS) is 12.7. The molecule has 0 bridgehead atoms. The first kappa shape index (κ1) is 22.9. The fourth-order valence-electron chi connectivity index (χ4n) is 3.74. The van der Waals surface area contributed by atoms with Crippen molar-refractivity contribution >= 4 is 34.8 Å². The maximum Gasteiger partial charge on any atom is 0.257 e. The summed E-state index contributed by atoms with van der Waals surface area (Å²) in [4.78, 5) is 37.9. The highest BCUT2D eigenvalue weighted by Gasteiger charge is 2.22. The molecule has 0 atom stereocenters. The molecule has 3 amide bonds. The minimum Gasteiger partial charge on any atom is -0.325 e. The number of nitrogens with one attached hydrogen (secondary N) is 2. The Bertz CT molecular complexity index is 1240. The van der Waals surface area contributed by atoms with Gasteiger partial charge in [0.1, 0.15) is 0 Å². The van der Waals surface area contributed by atoms with E-state index in [0.717, 1.165) is 16.8 Å². The summed E-state index contributed by atoms with van der Waals surface area (Å²) in [5, 5.41) is 11.5. The monoisotopic (exact) mass is 454 g/mol. The van der Waals surface area contributed by atoms with Gasteiger partial charge < -0.3 is 10.6 Å². The zero-order valence-electron chi connectivity index (χ0n) is 19.0. The van der Waals surface area contributed by atoms with Crippen LogP contribution in [0.15, 0.2) is 84.0 Å². The molecule has 1 aliphatic heterocycles. The molecule has 0 saturated carbocycles. The van der Waals surface area contributed by atoms with E-state index in [4.69, 9.17) is 0 Å². The Morgan fingerprint density at radius 2 is 1.65 bits per heavy atom. The molecule has 3 aromatic carbocycles. The number of amides is 3. The number of hydrogen-bond donors (Lipinski definition) is 2. The summed E-state index contributed by atoms with van der Waals surface area (Å²) in [6.45, 7) is 2.45. The summed E-state index contributed by atoms with van der Waals surface area (Å²) in [5.41, 5.74) is 4.32. The van der Waals surface area contributed by atoms with Crippen LogP contribution >= 0.6 is 0 Å². The van der Waals surface area contributed by atoms with Crippen LogP contribution in [0.1, 0.15) is 40.7 Å². The van der Waals surface area contributed by atoms with Crippen molar-refractivity contribution in [1.82, 2.24) is 5.01 Å². The van der Waals surface area contributed by atoms with E-state index in [-0.39, 0.29) is 30.6 Å². The van der Waals surface area contributed by atoms with Crippen LogP contribution in [0.25, 0.3) is 0 Å². The van der Waals surface area contributed by atoms with Gasteiger partial charge in [-0.3, -0.25) is 14.4 Å². The molecule has 34 heavy (non-hydrogen) atoms. The molecule has 0 fully saturated rings. The molecular weight excluding hydrogens is 428 g/mol. The van der Waals surface area contributed by atoms with Crippen molar-refractivity contribution in [3.63, 3.8) is 0 Å². The second-order valence-corrected chi connectivity index (χ2v) is 8.10. The van der Waals surface area contributed by atoms with E-state index < -0.39 is 0 Å². The maximum atomic E-state index is 12.8. The van der Waals surface area contributed by atoms with Gasteiger partial charge in [-0.2, -0.15) is 5.10 Å². The summed E-state index contributed by atoms with van der Waals surface area (Å²) in [6, 6.07) is 24.0. The summed E-state index contributed by atoms with van der Waals surface area (Å²) in [6.07, 6.45) is 0.722. The van der Waals surface area contributed by atoms with Crippen LogP contribution < -0.4 is 10.6 Å². The molecule has 1 aliphatic rings. The number of hydrazone groups is 1. The largest absolute Gasteiger partial charge is 0.325 e. The third-order valence-corrected chi connectivity index (χ3v) is 5.48. The van der Waals surface area contributed by atoms with Gasteiger partial charge in [-0.1, -0.05) is 54.6 Å². The van der Waals surface area contributed by atoms with Gasteiger partial charge in [0.05, 0.1) is 23.5 Å². The van der Waals surface area contributed by atoms with Gasteiger partial charge in [-0.15, -0.1) is 0 Å². The van der Waals surface area contributed by atoms with Crippen molar-refractivity contribution in [3.05, 3.63) is 95.6 Å². The van der Waals surface area contributed by atoms with Crippen molar-refractivity contribution < 1.29 is 14.4 Å². The molecule has 7 heteroatoms. The summed E-state index contributed by atoms with van der Waals surface area (Å²) >= 11 is 0. The average Bonchev–Trinajstić information content (AvgIpc) is 3.34. The third-order valence-electron chi connectivity index (χ3n) is 5.48. The molecular formula is C27H26N4O3. The molecule has 1 heterocycles. The Balaban J connectivity index is 1.33. The molecule has 2 N–H and O–H groups in total. The number of rotatable bonds is 7. The first-order chi connectivity index (χ1) is 16.5. The lowest BCUT2D eigenvalue weighted by atomic mass is 10.1. The highest BCUT2D eigenvalue weighted by atomic mass is 16.2. The fraction of sp³-hybridized carbons (Fsp3) is 0.185. The van der Waals surface area contributed by atoms with Crippen molar-refractivity contribution in [3.8, 4) is 0 Å². The SMILES string of the molecule is Cc1cccc(NC(=O)c2ccccc2NC(=O)CCC(=O)N2CCC(c3ccccc3)=N2)c1. The second-order valence-electron chi connectivity index (χ2n) is 8.10. The van der Waals surface area contributed by atoms with Gasteiger partial charge in [0, 0.05) is 24.9 Å². The smallest absolute Gasteiger partial charge is 0.257 e. The average molecular weight is 455 g/mol. The lowest BCUT2D eigenvalue weighted by Gasteiger charge is -2.13. The quantitative estimate of drug-likeness (QED) is 0.547. The molecule has 0 radical (unpaired) electrons. The predicted molar refractivity (Wildman–Crippen MR) is 133 cm³/mol. The van der Waals surface area contributed by atoms with Crippen LogP contribution in [-0.2, 0) is 9.59 Å². The lowest BCUT2D eigenvalue weighted by molar-refractivity contribution is -0.132. The van der Waals surface area contributed by atoms with Gasteiger partial charge >= 0.3 is 0 Å². The van der Waals surface area contributed by atoms with E-state index in [1.54, 1.807) is 24.3 Å². The van der Waals surface area contributed by atoms with Crippen LogP contribution in [0, 0.1) is 6.92 Å². The summed E-state index contributed by atoms with van der Waals surface area (Å²) in [5.74, 6) is -0.861. The van der Waals surface area contributed by atoms with Crippen molar-refractivity contribution in [2.45, 2.75) is 26.2 Å². The highest BCUT2D eigenvalue weighted by molar-refractivity contribution is 6.10. The van der Waals surface area contributed by atoms with Crippen molar-refractivity contribution in [2.24, 2.45) is 5.10 Å². The van der Waals surface area contributed by atoms with Crippen LogP contribution in [-0.4, -0.2) is 35.0 Å². The molecule has 0 unspecified atom stereocenters. The van der Waals surface area contributed by atoms with Gasteiger partial charge in [0.25, 0.3) is 5.91 Å². The molecule has 0 aliphatic carbocycles. The lowest BCUT2D eigenvalue weighted by Crippen LogP contribution is -2.25. The number of anilines is 2. The summed E-state index contributed by atoms with van der Waals surface area (Å²) < 4.78 is 0. The number of carbonyl (C=O) groups excluding carboxylic acids is 3. The minimum absolute atomic E-state index is 0.000638. The maximum absolute atomic E-state index is 12.8. The third kappa shape index (κ3) is 5.75. The number of nitrogens with zero attached hydrogens (tertiary/aromatic N) is 2. The Morgan fingerprint density at radius 3 is 2.44 bits per heavy atom. The van der Waals surface area contributed by atoms with E-state index >= 15 is 0 Å².